The van der Waals surface area contributed by atoms with Crippen molar-refractivity contribution in [1.29, 1.82) is 0 Å². The smallest absolute Gasteiger partial charge is 0.0406 e. The summed E-state index contributed by atoms with van der Waals surface area (Å²) in [6.45, 7) is 4.65. The van der Waals surface area contributed by atoms with Gasteiger partial charge in [0, 0.05) is 17.3 Å². The molecule has 0 saturated carbocycles. The average molecular weight is 231 g/mol. The summed E-state index contributed by atoms with van der Waals surface area (Å²) in [6.07, 6.45) is 0. The number of nitrogens with one attached hydrogen (secondary N) is 1. The lowest BCUT2D eigenvalue weighted by atomic mass is 10.2. The number of rotatable bonds is 3. The zero-order chi connectivity index (χ0) is 11.4. The largest absolute Gasteiger partial charge is 0.381 e. The zero-order valence-electron chi connectivity index (χ0n) is 8.91. The molecule has 1 N–H and O–H groups in total. The molecule has 0 bridgehead atoms. The van der Waals surface area contributed by atoms with Crippen molar-refractivity contribution in [3.63, 3.8) is 0 Å². The highest BCUT2D eigenvalue weighted by atomic mass is 35.5. The monoisotopic (exact) mass is 230 g/mol. The Labute approximate surface area is 101 Å². The Morgan fingerprint density at radius 1 is 0.938 bits per heavy atom. The van der Waals surface area contributed by atoms with Gasteiger partial charge in [-0.2, -0.15) is 0 Å². The van der Waals surface area contributed by atoms with Gasteiger partial charge in [0.1, 0.15) is 0 Å². The molecule has 2 aromatic rings. The van der Waals surface area contributed by atoms with Crippen LogP contribution in [0.15, 0.2) is 48.5 Å². The summed E-state index contributed by atoms with van der Waals surface area (Å²) >= 11 is 5.82. The van der Waals surface area contributed by atoms with E-state index in [1.807, 2.05) is 48.5 Å². The lowest BCUT2D eigenvalue weighted by molar-refractivity contribution is 1.15. The summed E-state index contributed by atoms with van der Waals surface area (Å²) in [5, 5.41) is 4.11. The van der Waals surface area contributed by atoms with E-state index in [-0.39, 0.29) is 0 Å². The molecule has 0 heterocycles. The van der Waals surface area contributed by atoms with Crippen LogP contribution in [-0.2, 0) is 6.54 Å². The molecule has 16 heavy (non-hydrogen) atoms. The van der Waals surface area contributed by atoms with Crippen LogP contribution in [0.2, 0.25) is 5.02 Å². The van der Waals surface area contributed by atoms with Gasteiger partial charge in [-0.1, -0.05) is 35.9 Å². The van der Waals surface area contributed by atoms with Crippen LogP contribution in [0.4, 0.5) is 5.69 Å². The maximum Gasteiger partial charge on any atom is 0.0406 e. The maximum absolute atomic E-state index is 5.82. The maximum atomic E-state index is 5.82. The summed E-state index contributed by atoms with van der Waals surface area (Å²) in [5.41, 5.74) is 3.34. The molecule has 81 valence electrons. The molecule has 2 rings (SSSR count). The predicted molar refractivity (Wildman–Crippen MR) is 69.7 cm³/mol. The Morgan fingerprint density at radius 2 is 1.56 bits per heavy atom. The van der Waals surface area contributed by atoms with E-state index in [9.17, 15) is 0 Å². The summed E-state index contributed by atoms with van der Waals surface area (Å²) in [7, 11) is 0. The van der Waals surface area contributed by atoms with Crippen LogP contribution in [0.3, 0.4) is 0 Å². The van der Waals surface area contributed by atoms with E-state index in [0.717, 1.165) is 22.8 Å². The molecule has 2 aromatic carbocycles. The molecule has 1 nitrogen and oxygen atoms in total. The van der Waals surface area contributed by atoms with Crippen LogP contribution >= 0.6 is 11.6 Å². The van der Waals surface area contributed by atoms with Crippen LogP contribution in [0.25, 0.3) is 0 Å². The second kappa shape index (κ2) is 5.04. The number of benzene rings is 2. The van der Waals surface area contributed by atoms with Crippen LogP contribution in [0.5, 0.6) is 0 Å². The van der Waals surface area contributed by atoms with Crippen LogP contribution in [0.1, 0.15) is 11.1 Å². The third-order valence-corrected chi connectivity index (χ3v) is 2.62. The summed E-state index contributed by atoms with van der Waals surface area (Å²) < 4.78 is 0. The average Bonchev–Trinajstić information content (AvgIpc) is 2.30. The first-order valence-corrected chi connectivity index (χ1v) is 5.52. The fourth-order valence-corrected chi connectivity index (χ4v) is 1.55. The van der Waals surface area contributed by atoms with E-state index in [1.165, 1.54) is 5.56 Å². The van der Waals surface area contributed by atoms with Gasteiger partial charge in [-0.15, -0.1) is 0 Å². The number of anilines is 1. The van der Waals surface area contributed by atoms with E-state index in [0.29, 0.717) is 0 Å². The highest BCUT2D eigenvalue weighted by molar-refractivity contribution is 6.30. The molecule has 0 spiro atoms. The van der Waals surface area contributed by atoms with Gasteiger partial charge in [-0.05, 0) is 42.3 Å². The molecule has 0 fully saturated rings. The molecule has 0 aliphatic rings. The van der Waals surface area contributed by atoms with Crippen LogP contribution < -0.4 is 5.32 Å². The minimum Gasteiger partial charge on any atom is -0.381 e. The first-order valence-electron chi connectivity index (χ1n) is 5.14. The first-order chi connectivity index (χ1) is 7.74. The van der Waals surface area contributed by atoms with Gasteiger partial charge in [0.25, 0.3) is 0 Å². The lowest BCUT2D eigenvalue weighted by Crippen LogP contribution is -1.98. The molecule has 0 unspecified atom stereocenters. The van der Waals surface area contributed by atoms with E-state index < -0.39 is 0 Å². The Bertz CT molecular complexity index is 400. The lowest BCUT2D eigenvalue weighted by Gasteiger charge is -2.06. The molecule has 0 atom stereocenters. The third-order valence-electron chi connectivity index (χ3n) is 2.36. The normalized spacial score (nSPS) is 10.1. The fourth-order valence-electron chi connectivity index (χ4n) is 1.43. The van der Waals surface area contributed by atoms with Gasteiger partial charge in [0.05, 0.1) is 0 Å². The van der Waals surface area contributed by atoms with Crippen molar-refractivity contribution in [2.75, 3.05) is 5.32 Å². The van der Waals surface area contributed by atoms with Gasteiger partial charge >= 0.3 is 0 Å². The number of hydrogen-bond donors (Lipinski definition) is 1. The van der Waals surface area contributed by atoms with Crippen molar-refractivity contribution in [2.45, 2.75) is 6.54 Å². The van der Waals surface area contributed by atoms with E-state index in [4.69, 9.17) is 11.6 Å². The summed E-state index contributed by atoms with van der Waals surface area (Å²) in [6, 6.07) is 15.9. The number of hydrogen-bond acceptors (Lipinski definition) is 1. The second-order valence-electron chi connectivity index (χ2n) is 3.68. The summed E-state index contributed by atoms with van der Waals surface area (Å²) in [4.78, 5) is 0. The molecule has 2 heteroatoms. The molecule has 0 aliphatic carbocycles. The highest BCUT2D eigenvalue weighted by Gasteiger charge is 1.94. The number of halogens is 1. The molecule has 0 aromatic heterocycles. The highest BCUT2D eigenvalue weighted by Crippen LogP contribution is 2.13. The zero-order valence-corrected chi connectivity index (χ0v) is 9.67. The Morgan fingerprint density at radius 3 is 2.19 bits per heavy atom. The van der Waals surface area contributed by atoms with Gasteiger partial charge in [0.15, 0.2) is 0 Å². The molecule has 1 radical (unpaired) electrons. The van der Waals surface area contributed by atoms with Crippen molar-refractivity contribution in [3.05, 3.63) is 71.6 Å². The van der Waals surface area contributed by atoms with Crippen molar-refractivity contribution < 1.29 is 0 Å². The van der Waals surface area contributed by atoms with Gasteiger partial charge < -0.3 is 5.32 Å². The topological polar surface area (TPSA) is 12.0 Å². The van der Waals surface area contributed by atoms with Gasteiger partial charge in [-0.3, -0.25) is 0 Å². The van der Waals surface area contributed by atoms with Crippen molar-refractivity contribution in [1.82, 2.24) is 0 Å². The molecular weight excluding hydrogens is 218 g/mol. The molecular formula is C14H13ClN. The van der Waals surface area contributed by atoms with E-state index in [2.05, 4.69) is 12.2 Å². The van der Waals surface area contributed by atoms with E-state index in [1.54, 1.807) is 0 Å². The SMILES string of the molecule is [CH2]c1ccc(NCc2ccc(Cl)cc2)cc1. The third kappa shape index (κ3) is 3.01. The Kier molecular flexibility index (Phi) is 3.47. The quantitative estimate of drug-likeness (QED) is 0.836. The van der Waals surface area contributed by atoms with Crippen molar-refractivity contribution >= 4 is 17.3 Å². The van der Waals surface area contributed by atoms with Gasteiger partial charge in [-0.25, -0.2) is 0 Å². The van der Waals surface area contributed by atoms with E-state index >= 15 is 0 Å². The summed E-state index contributed by atoms with van der Waals surface area (Å²) in [5.74, 6) is 0. The minimum atomic E-state index is 0.769. The van der Waals surface area contributed by atoms with Crippen molar-refractivity contribution in [3.8, 4) is 0 Å². The Hall–Kier alpha value is -1.47. The molecule has 0 saturated heterocycles. The fraction of sp³-hybridized carbons (Fsp3) is 0.0714. The molecule has 0 aliphatic heterocycles. The standard InChI is InChI=1S/C14H13ClN/c1-11-2-8-14(9-3-11)16-10-12-4-6-13(15)7-5-12/h2-9,16H,1,10H2. The van der Waals surface area contributed by atoms with Crippen molar-refractivity contribution in [2.24, 2.45) is 0 Å². The molecule has 0 amide bonds. The Balaban J connectivity index is 1.97. The minimum absolute atomic E-state index is 0.769. The van der Waals surface area contributed by atoms with Crippen LogP contribution in [-0.4, -0.2) is 0 Å². The van der Waals surface area contributed by atoms with Crippen LogP contribution in [0, 0.1) is 6.92 Å². The second-order valence-corrected chi connectivity index (χ2v) is 4.11. The first kappa shape index (κ1) is 11.0. The predicted octanol–water partition coefficient (Wildman–Crippen LogP) is 4.13. The van der Waals surface area contributed by atoms with Gasteiger partial charge in [0.2, 0.25) is 0 Å².